The molecule has 3 nitrogen and oxygen atoms in total. The van der Waals surface area contributed by atoms with Crippen LogP contribution in [0.1, 0.15) is 16.4 Å². The highest BCUT2D eigenvalue weighted by atomic mass is 79.9. The van der Waals surface area contributed by atoms with Gasteiger partial charge in [-0.15, -0.1) is 11.8 Å². The Bertz CT molecular complexity index is 990. The average Bonchev–Trinajstić information content (AvgIpc) is 2.67. The van der Waals surface area contributed by atoms with E-state index >= 15 is 0 Å². The van der Waals surface area contributed by atoms with E-state index in [1.165, 1.54) is 0 Å². The van der Waals surface area contributed by atoms with E-state index in [2.05, 4.69) is 20.7 Å². The number of hydrogen-bond acceptors (Lipinski definition) is 3. The lowest BCUT2D eigenvalue weighted by atomic mass is 10.1. The van der Waals surface area contributed by atoms with E-state index in [0.717, 1.165) is 20.5 Å². The molecule has 0 aliphatic carbocycles. The van der Waals surface area contributed by atoms with Crippen molar-refractivity contribution < 1.29 is 8.42 Å². The molecule has 0 radical (unpaired) electrons. The largest absolute Gasteiger partial charge is 0.240 e. The third kappa shape index (κ3) is 5.45. The highest BCUT2D eigenvalue weighted by molar-refractivity contribution is 9.10. The molecule has 140 valence electrons. The number of sulfonamides is 1. The standard InChI is InChI=1S/C21H20BrNO2S2/c1-16-11-13-18(14-12-16)27(24,25)23-15-21(19-9-5-6-10-20(19)22)26-17-7-3-2-4-8-17/h2-14,21,23H,15H2,1H3. The van der Waals surface area contributed by atoms with Crippen LogP contribution in [0.5, 0.6) is 0 Å². The molecular weight excluding hydrogens is 442 g/mol. The Hall–Kier alpha value is -1.60. The number of aryl methyl sites for hydroxylation is 1. The predicted octanol–water partition coefficient (Wildman–Crippen LogP) is 5.57. The molecule has 0 heterocycles. The lowest BCUT2D eigenvalue weighted by Gasteiger charge is -2.19. The van der Waals surface area contributed by atoms with Gasteiger partial charge in [-0.1, -0.05) is 70.0 Å². The summed E-state index contributed by atoms with van der Waals surface area (Å²) in [5.41, 5.74) is 2.08. The van der Waals surface area contributed by atoms with Crippen LogP contribution < -0.4 is 4.72 Å². The van der Waals surface area contributed by atoms with Crippen LogP contribution in [-0.4, -0.2) is 15.0 Å². The summed E-state index contributed by atoms with van der Waals surface area (Å²) in [7, 11) is -3.56. The zero-order valence-electron chi connectivity index (χ0n) is 14.8. The Labute approximate surface area is 173 Å². The fourth-order valence-corrected chi connectivity index (χ4v) is 5.61. The molecule has 0 saturated heterocycles. The molecule has 0 saturated carbocycles. The maximum Gasteiger partial charge on any atom is 0.240 e. The van der Waals surface area contributed by atoms with Gasteiger partial charge >= 0.3 is 0 Å². The van der Waals surface area contributed by atoms with Crippen molar-refractivity contribution in [3.8, 4) is 0 Å². The molecule has 1 unspecified atom stereocenters. The Morgan fingerprint density at radius 2 is 1.56 bits per heavy atom. The van der Waals surface area contributed by atoms with Crippen molar-refractivity contribution in [3.05, 3.63) is 94.5 Å². The summed E-state index contributed by atoms with van der Waals surface area (Å²) in [6, 6.07) is 24.8. The van der Waals surface area contributed by atoms with Gasteiger partial charge in [-0.05, 0) is 42.8 Å². The third-order valence-corrected chi connectivity index (χ3v) is 7.47. The lowest BCUT2D eigenvalue weighted by molar-refractivity contribution is 0.581. The molecule has 0 aliphatic heterocycles. The topological polar surface area (TPSA) is 46.2 Å². The molecule has 1 N–H and O–H groups in total. The van der Waals surface area contributed by atoms with Crippen molar-refractivity contribution in [1.82, 2.24) is 4.72 Å². The van der Waals surface area contributed by atoms with Crippen molar-refractivity contribution in [2.24, 2.45) is 0 Å². The molecule has 0 fully saturated rings. The molecule has 0 spiro atoms. The van der Waals surface area contributed by atoms with Crippen molar-refractivity contribution in [2.75, 3.05) is 6.54 Å². The van der Waals surface area contributed by atoms with Crippen LogP contribution in [0.25, 0.3) is 0 Å². The predicted molar refractivity (Wildman–Crippen MR) is 116 cm³/mol. The van der Waals surface area contributed by atoms with E-state index < -0.39 is 10.0 Å². The first-order valence-corrected chi connectivity index (χ1v) is 11.6. The van der Waals surface area contributed by atoms with E-state index in [9.17, 15) is 8.42 Å². The second-order valence-corrected chi connectivity index (χ2v) is 10.0. The van der Waals surface area contributed by atoms with Crippen LogP contribution in [0, 0.1) is 6.92 Å². The Morgan fingerprint density at radius 1 is 0.926 bits per heavy atom. The fourth-order valence-electron chi connectivity index (χ4n) is 2.60. The van der Waals surface area contributed by atoms with E-state index in [-0.39, 0.29) is 10.1 Å². The highest BCUT2D eigenvalue weighted by Crippen LogP contribution is 2.38. The number of rotatable bonds is 7. The summed E-state index contributed by atoms with van der Waals surface area (Å²) in [6.45, 7) is 2.22. The van der Waals surface area contributed by atoms with Crippen LogP contribution in [0.3, 0.4) is 0 Å². The second kappa shape index (κ2) is 9.06. The monoisotopic (exact) mass is 461 g/mol. The molecule has 3 aromatic carbocycles. The van der Waals surface area contributed by atoms with Gasteiger partial charge < -0.3 is 0 Å². The summed E-state index contributed by atoms with van der Waals surface area (Å²) in [5.74, 6) is 0. The van der Waals surface area contributed by atoms with Gasteiger partial charge in [0.25, 0.3) is 0 Å². The van der Waals surface area contributed by atoms with Gasteiger partial charge in [0.15, 0.2) is 0 Å². The fraction of sp³-hybridized carbons (Fsp3) is 0.143. The maximum atomic E-state index is 12.7. The number of halogens is 1. The number of benzene rings is 3. The van der Waals surface area contributed by atoms with Crippen molar-refractivity contribution in [1.29, 1.82) is 0 Å². The Morgan fingerprint density at radius 3 is 2.22 bits per heavy atom. The summed E-state index contributed by atoms with van der Waals surface area (Å²) < 4.78 is 29.1. The van der Waals surface area contributed by atoms with Gasteiger partial charge in [-0.2, -0.15) is 0 Å². The highest BCUT2D eigenvalue weighted by Gasteiger charge is 2.20. The van der Waals surface area contributed by atoms with Gasteiger partial charge in [0, 0.05) is 21.2 Å². The smallest absolute Gasteiger partial charge is 0.210 e. The molecule has 0 amide bonds. The first-order chi connectivity index (χ1) is 13.0. The quantitative estimate of drug-likeness (QED) is 0.467. The van der Waals surface area contributed by atoms with Crippen LogP contribution in [0.4, 0.5) is 0 Å². The van der Waals surface area contributed by atoms with E-state index in [1.54, 1.807) is 36.0 Å². The Balaban J connectivity index is 1.83. The van der Waals surface area contributed by atoms with Gasteiger partial charge in [0.05, 0.1) is 4.90 Å². The Kier molecular flexibility index (Phi) is 6.76. The number of nitrogens with one attached hydrogen (secondary N) is 1. The molecule has 6 heteroatoms. The molecule has 0 aliphatic rings. The normalized spacial score (nSPS) is 12.7. The first-order valence-electron chi connectivity index (χ1n) is 8.48. The van der Waals surface area contributed by atoms with E-state index in [4.69, 9.17) is 0 Å². The SMILES string of the molecule is Cc1ccc(S(=O)(=O)NCC(Sc2ccccc2)c2ccccc2Br)cc1. The van der Waals surface area contributed by atoms with Crippen LogP contribution in [-0.2, 0) is 10.0 Å². The van der Waals surface area contributed by atoms with Crippen molar-refractivity contribution in [3.63, 3.8) is 0 Å². The minimum absolute atomic E-state index is 0.0665. The average molecular weight is 462 g/mol. The second-order valence-electron chi connectivity index (χ2n) is 6.11. The van der Waals surface area contributed by atoms with E-state index in [0.29, 0.717) is 6.54 Å². The minimum atomic E-state index is -3.56. The zero-order valence-corrected chi connectivity index (χ0v) is 18.0. The summed E-state index contributed by atoms with van der Waals surface area (Å²) in [4.78, 5) is 1.37. The summed E-state index contributed by atoms with van der Waals surface area (Å²) in [5, 5.41) is -0.0665. The van der Waals surface area contributed by atoms with E-state index in [1.807, 2.05) is 61.5 Å². The van der Waals surface area contributed by atoms with Gasteiger partial charge in [0.1, 0.15) is 0 Å². The van der Waals surface area contributed by atoms with Gasteiger partial charge in [-0.3, -0.25) is 0 Å². The lowest BCUT2D eigenvalue weighted by Crippen LogP contribution is -2.27. The van der Waals surface area contributed by atoms with Crippen LogP contribution in [0.15, 0.2) is 93.1 Å². The summed E-state index contributed by atoms with van der Waals surface area (Å²) in [6.07, 6.45) is 0. The third-order valence-electron chi connectivity index (χ3n) is 4.06. The van der Waals surface area contributed by atoms with Crippen molar-refractivity contribution >= 4 is 37.7 Å². The van der Waals surface area contributed by atoms with Crippen LogP contribution in [0.2, 0.25) is 0 Å². The first kappa shape index (κ1) is 20.1. The van der Waals surface area contributed by atoms with Gasteiger partial charge in [0.2, 0.25) is 10.0 Å². The molecule has 27 heavy (non-hydrogen) atoms. The number of thioether (sulfide) groups is 1. The maximum absolute atomic E-state index is 12.7. The zero-order chi connectivity index (χ0) is 19.3. The molecular formula is C21H20BrNO2S2. The minimum Gasteiger partial charge on any atom is -0.210 e. The van der Waals surface area contributed by atoms with Crippen molar-refractivity contribution in [2.45, 2.75) is 22.0 Å². The molecule has 1 atom stereocenters. The molecule has 3 aromatic rings. The van der Waals surface area contributed by atoms with Gasteiger partial charge in [-0.25, -0.2) is 13.1 Å². The van der Waals surface area contributed by atoms with Crippen LogP contribution >= 0.6 is 27.7 Å². The molecule has 3 rings (SSSR count). The molecule has 0 aromatic heterocycles. The molecule has 0 bridgehead atoms. The summed E-state index contributed by atoms with van der Waals surface area (Å²) >= 11 is 5.23. The number of hydrogen-bond donors (Lipinski definition) is 1.